The zero-order valence-corrected chi connectivity index (χ0v) is 9.86. The van der Waals surface area contributed by atoms with E-state index in [0.717, 1.165) is 13.0 Å². The van der Waals surface area contributed by atoms with Crippen molar-refractivity contribution >= 4 is 6.03 Å². The van der Waals surface area contributed by atoms with E-state index in [1.165, 1.54) is 0 Å². The third kappa shape index (κ3) is 2.14. The second-order valence-corrected chi connectivity index (χ2v) is 4.89. The van der Waals surface area contributed by atoms with Crippen LogP contribution in [0.1, 0.15) is 13.3 Å². The van der Waals surface area contributed by atoms with Crippen molar-refractivity contribution < 1.29 is 13.9 Å². The quantitative estimate of drug-likeness (QED) is 0.712. The number of carbonyl (C=O) groups excluding carboxylic acids is 1. The van der Waals surface area contributed by atoms with Gasteiger partial charge in [-0.15, -0.1) is 0 Å². The Morgan fingerprint density at radius 2 is 2.12 bits per heavy atom. The van der Waals surface area contributed by atoms with Crippen LogP contribution in [-0.2, 0) is 4.74 Å². The Balaban J connectivity index is 1.93. The first kappa shape index (κ1) is 11.6. The highest BCUT2D eigenvalue weighted by Crippen LogP contribution is 2.26. The van der Waals surface area contributed by atoms with E-state index >= 15 is 0 Å². The van der Waals surface area contributed by atoms with Crippen molar-refractivity contribution in [2.75, 3.05) is 33.4 Å². The van der Waals surface area contributed by atoms with Crippen molar-refractivity contribution in [1.82, 2.24) is 9.80 Å². The standard InChI is InChI=1S/C11H19FN2O2/c1-8-3-10(7-16-2)14(4-8)11(15)13-5-9(12)6-13/h8-10H,3-7H2,1-2H3. The summed E-state index contributed by atoms with van der Waals surface area (Å²) in [5.74, 6) is 0.506. The van der Waals surface area contributed by atoms with Gasteiger partial charge < -0.3 is 14.5 Å². The van der Waals surface area contributed by atoms with E-state index in [1.54, 1.807) is 12.0 Å². The molecule has 92 valence electrons. The lowest BCUT2D eigenvalue weighted by Crippen LogP contribution is -2.57. The van der Waals surface area contributed by atoms with E-state index in [0.29, 0.717) is 12.5 Å². The molecular weight excluding hydrogens is 211 g/mol. The lowest BCUT2D eigenvalue weighted by molar-refractivity contribution is 0.0547. The fourth-order valence-corrected chi connectivity index (χ4v) is 2.50. The Kier molecular flexibility index (Phi) is 3.33. The molecule has 2 unspecified atom stereocenters. The van der Waals surface area contributed by atoms with Crippen LogP contribution in [0.4, 0.5) is 9.18 Å². The summed E-state index contributed by atoms with van der Waals surface area (Å²) < 4.78 is 17.8. The molecule has 2 heterocycles. The number of amides is 2. The number of methoxy groups -OCH3 is 1. The largest absolute Gasteiger partial charge is 0.383 e. The highest BCUT2D eigenvalue weighted by atomic mass is 19.1. The van der Waals surface area contributed by atoms with Gasteiger partial charge in [-0.25, -0.2) is 9.18 Å². The van der Waals surface area contributed by atoms with Gasteiger partial charge in [-0.05, 0) is 12.3 Å². The molecule has 2 amide bonds. The summed E-state index contributed by atoms with van der Waals surface area (Å²) in [6.07, 6.45) is 0.150. The van der Waals surface area contributed by atoms with Gasteiger partial charge in [0, 0.05) is 13.7 Å². The van der Waals surface area contributed by atoms with Crippen molar-refractivity contribution in [3.8, 4) is 0 Å². The van der Waals surface area contributed by atoms with Gasteiger partial charge in [-0.1, -0.05) is 6.92 Å². The lowest BCUT2D eigenvalue weighted by atomic mass is 10.1. The molecule has 0 aliphatic carbocycles. The van der Waals surface area contributed by atoms with Crippen LogP contribution < -0.4 is 0 Å². The maximum absolute atomic E-state index is 12.7. The number of ether oxygens (including phenoxy) is 1. The molecule has 2 atom stereocenters. The summed E-state index contributed by atoms with van der Waals surface area (Å²) in [6.45, 7) is 3.97. The molecule has 0 saturated carbocycles. The summed E-state index contributed by atoms with van der Waals surface area (Å²) >= 11 is 0. The van der Waals surface area contributed by atoms with Crippen molar-refractivity contribution in [3.05, 3.63) is 0 Å². The van der Waals surface area contributed by atoms with Gasteiger partial charge in [0.15, 0.2) is 0 Å². The minimum atomic E-state index is -0.829. The molecular formula is C11H19FN2O2. The number of nitrogens with zero attached hydrogens (tertiary/aromatic N) is 2. The number of carbonyl (C=O) groups is 1. The molecule has 0 bridgehead atoms. The Bertz CT molecular complexity index is 269. The highest BCUT2D eigenvalue weighted by Gasteiger charge is 2.39. The Morgan fingerprint density at radius 3 is 2.69 bits per heavy atom. The first-order valence-corrected chi connectivity index (χ1v) is 5.80. The SMILES string of the molecule is COCC1CC(C)CN1C(=O)N1CC(F)C1. The number of halogens is 1. The maximum Gasteiger partial charge on any atom is 0.320 e. The molecule has 2 aliphatic rings. The average Bonchev–Trinajstić information content (AvgIpc) is 2.54. The fraction of sp³-hybridized carbons (Fsp3) is 0.909. The Labute approximate surface area is 95.3 Å². The van der Waals surface area contributed by atoms with Crippen molar-refractivity contribution in [3.63, 3.8) is 0 Å². The van der Waals surface area contributed by atoms with Gasteiger partial charge in [0.05, 0.1) is 25.7 Å². The summed E-state index contributed by atoms with van der Waals surface area (Å²) in [5, 5.41) is 0. The number of alkyl halides is 1. The zero-order valence-electron chi connectivity index (χ0n) is 9.86. The molecule has 0 radical (unpaired) electrons. The average molecular weight is 230 g/mol. The molecule has 4 nitrogen and oxygen atoms in total. The molecule has 2 saturated heterocycles. The topological polar surface area (TPSA) is 32.8 Å². The van der Waals surface area contributed by atoms with Crippen LogP contribution in [0.2, 0.25) is 0 Å². The second kappa shape index (κ2) is 4.57. The van der Waals surface area contributed by atoms with E-state index in [1.807, 2.05) is 4.90 Å². The minimum Gasteiger partial charge on any atom is -0.383 e. The van der Waals surface area contributed by atoms with Gasteiger partial charge in [-0.2, -0.15) is 0 Å². The fourth-order valence-electron chi connectivity index (χ4n) is 2.50. The van der Waals surface area contributed by atoms with Crippen LogP contribution in [0.5, 0.6) is 0 Å². The zero-order chi connectivity index (χ0) is 11.7. The van der Waals surface area contributed by atoms with Crippen molar-refractivity contribution in [2.24, 2.45) is 5.92 Å². The molecule has 0 aromatic rings. The number of likely N-dealkylation sites (tertiary alicyclic amines) is 2. The summed E-state index contributed by atoms with van der Waals surface area (Å²) in [6, 6.07) is 0.131. The number of hydrogen-bond donors (Lipinski definition) is 0. The van der Waals surface area contributed by atoms with Crippen LogP contribution in [0, 0.1) is 5.92 Å². The van der Waals surface area contributed by atoms with Gasteiger partial charge >= 0.3 is 6.03 Å². The number of urea groups is 1. The molecule has 2 rings (SSSR count). The predicted octanol–water partition coefficient (Wildman–Crippen LogP) is 1.12. The second-order valence-electron chi connectivity index (χ2n) is 4.89. The maximum atomic E-state index is 12.7. The molecule has 0 N–H and O–H groups in total. The molecule has 0 aromatic heterocycles. The summed E-state index contributed by atoms with van der Waals surface area (Å²) in [4.78, 5) is 15.4. The first-order chi connectivity index (χ1) is 7.61. The molecule has 0 aromatic carbocycles. The minimum absolute atomic E-state index is 0.0275. The van der Waals surface area contributed by atoms with E-state index in [-0.39, 0.29) is 25.2 Å². The van der Waals surface area contributed by atoms with Gasteiger partial charge in [0.1, 0.15) is 6.17 Å². The molecule has 0 spiro atoms. The lowest BCUT2D eigenvalue weighted by Gasteiger charge is -2.38. The third-order valence-corrected chi connectivity index (χ3v) is 3.34. The molecule has 2 aliphatic heterocycles. The van der Waals surface area contributed by atoms with Crippen LogP contribution in [0.15, 0.2) is 0 Å². The van der Waals surface area contributed by atoms with Crippen molar-refractivity contribution in [2.45, 2.75) is 25.6 Å². The van der Waals surface area contributed by atoms with Gasteiger partial charge in [0.25, 0.3) is 0 Å². The Hall–Kier alpha value is -0.840. The third-order valence-electron chi connectivity index (χ3n) is 3.34. The van der Waals surface area contributed by atoms with Crippen LogP contribution in [-0.4, -0.2) is 61.4 Å². The molecule has 16 heavy (non-hydrogen) atoms. The van der Waals surface area contributed by atoms with Crippen LogP contribution >= 0.6 is 0 Å². The number of rotatable bonds is 2. The van der Waals surface area contributed by atoms with Crippen LogP contribution in [0.3, 0.4) is 0 Å². The first-order valence-electron chi connectivity index (χ1n) is 5.80. The normalized spacial score (nSPS) is 30.7. The van der Waals surface area contributed by atoms with E-state index < -0.39 is 6.17 Å². The van der Waals surface area contributed by atoms with Crippen molar-refractivity contribution in [1.29, 1.82) is 0 Å². The molecule has 2 fully saturated rings. The summed E-state index contributed by atoms with van der Waals surface area (Å²) in [5.41, 5.74) is 0. The highest BCUT2D eigenvalue weighted by molar-refractivity contribution is 5.76. The van der Waals surface area contributed by atoms with Gasteiger partial charge in [0.2, 0.25) is 0 Å². The molecule has 5 heteroatoms. The van der Waals surface area contributed by atoms with E-state index in [4.69, 9.17) is 4.74 Å². The predicted molar refractivity (Wildman–Crippen MR) is 58.0 cm³/mol. The van der Waals surface area contributed by atoms with Crippen LogP contribution in [0.25, 0.3) is 0 Å². The Morgan fingerprint density at radius 1 is 1.44 bits per heavy atom. The van der Waals surface area contributed by atoms with Gasteiger partial charge in [-0.3, -0.25) is 0 Å². The van der Waals surface area contributed by atoms with E-state index in [2.05, 4.69) is 6.92 Å². The monoisotopic (exact) mass is 230 g/mol. The number of hydrogen-bond acceptors (Lipinski definition) is 2. The smallest absolute Gasteiger partial charge is 0.320 e. The van der Waals surface area contributed by atoms with E-state index in [9.17, 15) is 9.18 Å². The summed E-state index contributed by atoms with van der Waals surface area (Å²) in [7, 11) is 1.65.